The van der Waals surface area contributed by atoms with Crippen LogP contribution in [0.15, 0.2) is 48.9 Å². The molecule has 230 valence electrons. The lowest BCUT2D eigenvalue weighted by Gasteiger charge is -2.41. The molecule has 9 nitrogen and oxygen atoms in total. The molecule has 2 amide bonds. The first-order chi connectivity index (χ1) is 20.7. The molecule has 1 aromatic carbocycles. The number of halogens is 6. The number of nitrogens with one attached hydrogen (secondary N) is 1. The summed E-state index contributed by atoms with van der Waals surface area (Å²) in [5, 5.41) is 3.23. The molecule has 3 aliphatic rings. The fourth-order valence-corrected chi connectivity index (χ4v) is 6.30. The quantitative estimate of drug-likeness (QED) is 0.324. The number of hydrogen-bond donors (Lipinski definition) is 1. The van der Waals surface area contributed by atoms with E-state index in [1.54, 1.807) is 45.8 Å². The molecule has 44 heavy (non-hydrogen) atoms. The summed E-state index contributed by atoms with van der Waals surface area (Å²) in [6, 6.07) is 6.30. The zero-order chi connectivity index (χ0) is 31.2. The topological polar surface area (TPSA) is 84.1 Å². The standard InChI is InChI=1S/C29H24F6N6O3/c1-27(30)14-40(15-28(31,32)44-27)26(43)39-7-6-38-13-19(18-9-17(29(33,34)35)8-16(12-39)25(18)38)23-21(42)11-37-24(23)20-10-36-22-4-2-3-5-41(20)22/h2-5,8-10,13,37H,6-7,11-12,14-15H2,1H3. The summed E-state index contributed by atoms with van der Waals surface area (Å²) >= 11 is 0. The Morgan fingerprint density at radius 2 is 1.89 bits per heavy atom. The number of aromatic nitrogens is 3. The lowest BCUT2D eigenvalue weighted by atomic mass is 9.97. The number of pyridine rings is 1. The SMILES string of the molecule is CC1(F)CN(C(=O)N2CCn3cc(C4=C(c5cnc6ccccn56)NCC4=O)c4cc(C(F)(F)F)cc(c43)C2)CC(F)(F)O1. The summed E-state index contributed by atoms with van der Waals surface area (Å²) in [7, 11) is 0. The van der Waals surface area contributed by atoms with E-state index in [0.29, 0.717) is 27.5 Å². The van der Waals surface area contributed by atoms with Crippen LogP contribution >= 0.6 is 0 Å². The van der Waals surface area contributed by atoms with Crippen molar-refractivity contribution in [3.05, 3.63) is 71.3 Å². The predicted molar refractivity (Wildman–Crippen MR) is 145 cm³/mol. The van der Waals surface area contributed by atoms with Crippen LogP contribution in [0.5, 0.6) is 0 Å². The van der Waals surface area contributed by atoms with Gasteiger partial charge in [-0.2, -0.15) is 22.0 Å². The number of imidazole rings is 1. The van der Waals surface area contributed by atoms with E-state index in [4.69, 9.17) is 0 Å². The van der Waals surface area contributed by atoms with Gasteiger partial charge in [0.2, 0.25) is 5.85 Å². The number of Topliss-reactive ketones (excluding diaryl/α,β-unsaturated/α-hetero) is 1. The summed E-state index contributed by atoms with van der Waals surface area (Å²) in [6.45, 7) is -1.62. The number of carbonyl (C=O) groups is 2. The Hall–Kier alpha value is -4.53. The first-order valence-electron chi connectivity index (χ1n) is 13.7. The number of rotatable bonds is 2. The van der Waals surface area contributed by atoms with Crippen molar-refractivity contribution in [1.29, 1.82) is 0 Å². The number of morpholine rings is 1. The number of carbonyl (C=O) groups excluding carboxylic acids is 2. The number of ether oxygens (including phenoxy) is 1. The molecule has 0 spiro atoms. The summed E-state index contributed by atoms with van der Waals surface area (Å²) in [6.07, 6.45) is -3.81. The van der Waals surface area contributed by atoms with Gasteiger partial charge in [0.05, 0.1) is 47.3 Å². The Morgan fingerprint density at radius 3 is 2.64 bits per heavy atom. The van der Waals surface area contributed by atoms with Gasteiger partial charge >= 0.3 is 18.3 Å². The molecule has 4 aromatic rings. The van der Waals surface area contributed by atoms with Gasteiger partial charge in [-0.1, -0.05) is 6.07 Å². The smallest absolute Gasteiger partial charge is 0.375 e. The molecule has 1 atom stereocenters. The van der Waals surface area contributed by atoms with Crippen LogP contribution in [0.3, 0.4) is 0 Å². The van der Waals surface area contributed by atoms with Gasteiger partial charge < -0.3 is 19.7 Å². The van der Waals surface area contributed by atoms with Gasteiger partial charge in [0.25, 0.3) is 0 Å². The minimum Gasteiger partial charge on any atom is -0.375 e. The van der Waals surface area contributed by atoms with Crippen molar-refractivity contribution in [3.8, 4) is 0 Å². The molecule has 7 rings (SSSR count). The molecular formula is C29H24F6N6O3. The lowest BCUT2D eigenvalue weighted by molar-refractivity contribution is -0.354. The average molecular weight is 619 g/mol. The summed E-state index contributed by atoms with van der Waals surface area (Å²) in [5.41, 5.74) is 1.55. The zero-order valence-electron chi connectivity index (χ0n) is 23.1. The van der Waals surface area contributed by atoms with Gasteiger partial charge in [0, 0.05) is 43.0 Å². The van der Waals surface area contributed by atoms with Crippen LogP contribution in [-0.4, -0.2) is 73.7 Å². The Morgan fingerprint density at radius 1 is 1.09 bits per heavy atom. The lowest BCUT2D eigenvalue weighted by Crippen LogP contribution is -2.59. The van der Waals surface area contributed by atoms with Crippen LogP contribution in [-0.2, 0) is 28.8 Å². The molecule has 3 aromatic heterocycles. The number of urea groups is 1. The molecule has 0 radical (unpaired) electrons. The third kappa shape index (κ3) is 4.66. The number of ketones is 1. The van der Waals surface area contributed by atoms with Crippen LogP contribution in [0.25, 0.3) is 27.8 Å². The predicted octanol–water partition coefficient (Wildman–Crippen LogP) is 4.89. The fraction of sp³-hybridized carbons (Fsp3) is 0.345. The van der Waals surface area contributed by atoms with Gasteiger partial charge in [-0.25, -0.2) is 14.2 Å². The zero-order valence-corrected chi connectivity index (χ0v) is 23.1. The highest BCUT2D eigenvalue weighted by atomic mass is 19.4. The van der Waals surface area contributed by atoms with Crippen LogP contribution < -0.4 is 5.32 Å². The van der Waals surface area contributed by atoms with Crippen molar-refractivity contribution < 1.29 is 40.7 Å². The third-order valence-corrected chi connectivity index (χ3v) is 8.00. The first-order valence-corrected chi connectivity index (χ1v) is 13.7. The van der Waals surface area contributed by atoms with E-state index in [1.165, 1.54) is 0 Å². The third-order valence-electron chi connectivity index (χ3n) is 8.00. The van der Waals surface area contributed by atoms with Crippen LogP contribution in [0.4, 0.5) is 31.1 Å². The minimum atomic E-state index is -4.77. The molecule has 3 aliphatic heterocycles. The molecule has 15 heteroatoms. The van der Waals surface area contributed by atoms with Crippen molar-refractivity contribution >= 4 is 39.6 Å². The normalized spacial score (nSPS) is 22.2. The van der Waals surface area contributed by atoms with Crippen molar-refractivity contribution in [1.82, 2.24) is 29.1 Å². The summed E-state index contributed by atoms with van der Waals surface area (Å²) in [4.78, 5) is 32.7. The molecule has 1 saturated heterocycles. The summed E-state index contributed by atoms with van der Waals surface area (Å²) < 4.78 is 92.8. The summed E-state index contributed by atoms with van der Waals surface area (Å²) in [5.74, 6) is -3.14. The molecule has 0 bridgehead atoms. The maximum atomic E-state index is 14.5. The second kappa shape index (κ2) is 9.48. The van der Waals surface area contributed by atoms with E-state index in [2.05, 4.69) is 15.0 Å². The Kier molecular flexibility index (Phi) is 6.09. The number of nitrogens with zero attached hydrogens (tertiary/aromatic N) is 5. The van der Waals surface area contributed by atoms with Gasteiger partial charge in [0.15, 0.2) is 5.78 Å². The van der Waals surface area contributed by atoms with Crippen LogP contribution in [0, 0.1) is 0 Å². The molecule has 1 fully saturated rings. The minimum absolute atomic E-state index is 0.0663. The van der Waals surface area contributed by atoms with E-state index in [1.807, 2.05) is 0 Å². The maximum absolute atomic E-state index is 14.5. The molecular weight excluding hydrogens is 594 g/mol. The second-order valence-corrected chi connectivity index (χ2v) is 11.3. The molecule has 1 N–H and O–H groups in total. The van der Waals surface area contributed by atoms with Crippen LogP contribution in [0.1, 0.15) is 29.3 Å². The van der Waals surface area contributed by atoms with Crippen molar-refractivity contribution in [2.45, 2.75) is 38.2 Å². The number of fused-ring (bicyclic) bond motifs is 1. The number of amides is 2. The molecule has 0 aliphatic carbocycles. The maximum Gasteiger partial charge on any atom is 0.416 e. The fourth-order valence-electron chi connectivity index (χ4n) is 6.30. The van der Waals surface area contributed by atoms with E-state index >= 15 is 0 Å². The monoisotopic (exact) mass is 618 g/mol. The highest BCUT2D eigenvalue weighted by molar-refractivity contribution is 6.33. The average Bonchev–Trinajstić information content (AvgIpc) is 3.59. The second-order valence-electron chi connectivity index (χ2n) is 11.3. The Bertz CT molecular complexity index is 1880. The van der Waals surface area contributed by atoms with E-state index in [0.717, 1.165) is 24.0 Å². The Labute approximate surface area is 245 Å². The highest BCUT2D eigenvalue weighted by Crippen LogP contribution is 2.41. The number of benzene rings is 1. The first kappa shape index (κ1) is 28.3. The van der Waals surface area contributed by atoms with Crippen molar-refractivity contribution in [2.75, 3.05) is 26.2 Å². The van der Waals surface area contributed by atoms with Gasteiger partial charge in [-0.05, 0) is 36.8 Å². The van der Waals surface area contributed by atoms with E-state index < -0.39 is 42.8 Å². The van der Waals surface area contributed by atoms with E-state index in [9.17, 15) is 35.9 Å². The molecule has 0 saturated carbocycles. The van der Waals surface area contributed by atoms with Crippen molar-refractivity contribution in [3.63, 3.8) is 0 Å². The number of alkyl halides is 6. The van der Waals surface area contributed by atoms with Gasteiger partial charge in [0.1, 0.15) is 12.2 Å². The largest absolute Gasteiger partial charge is 0.416 e. The van der Waals surface area contributed by atoms with Gasteiger partial charge in [-0.15, -0.1) is 0 Å². The van der Waals surface area contributed by atoms with Crippen molar-refractivity contribution in [2.24, 2.45) is 0 Å². The molecule has 1 unspecified atom stereocenters. The van der Waals surface area contributed by atoms with E-state index in [-0.39, 0.29) is 54.0 Å². The van der Waals surface area contributed by atoms with Gasteiger partial charge in [-0.3, -0.25) is 13.9 Å². The van der Waals surface area contributed by atoms with Crippen LogP contribution in [0.2, 0.25) is 0 Å². The Balaban J connectivity index is 1.35. The molecule has 6 heterocycles. The highest BCUT2D eigenvalue weighted by Gasteiger charge is 2.50. The number of hydrogen-bond acceptors (Lipinski definition) is 5.